The molecule has 0 aliphatic heterocycles. The van der Waals surface area contributed by atoms with E-state index < -0.39 is 24.7 Å². The Morgan fingerprint density at radius 2 is 1.93 bits per heavy atom. The average molecular weight is 349 g/mol. The summed E-state index contributed by atoms with van der Waals surface area (Å²) in [7, 11) is -2.13. The first-order valence-corrected chi connectivity index (χ1v) is 7.06. The summed E-state index contributed by atoms with van der Waals surface area (Å²) in [6, 6.07) is 0. The summed E-state index contributed by atoms with van der Waals surface area (Å²) in [5.74, 6) is -0.438. The molecule has 5 nitrogen and oxygen atoms in total. The first-order chi connectivity index (χ1) is 6.62. The van der Waals surface area contributed by atoms with Gasteiger partial charge in [-0.05, 0) is 20.8 Å². The minimum Gasteiger partial charge on any atom is -0.468 e. The van der Waals surface area contributed by atoms with Crippen LogP contribution < -0.4 is 4.72 Å². The highest BCUT2D eigenvalue weighted by molar-refractivity contribution is 14.1. The van der Waals surface area contributed by atoms with Gasteiger partial charge in [0.2, 0.25) is 10.0 Å². The van der Waals surface area contributed by atoms with Crippen molar-refractivity contribution in [3.8, 4) is 0 Å². The average Bonchev–Trinajstić information content (AvgIpc) is 2.11. The van der Waals surface area contributed by atoms with Gasteiger partial charge < -0.3 is 4.74 Å². The molecule has 0 radical (unpaired) electrons. The van der Waals surface area contributed by atoms with Gasteiger partial charge in [0.05, 0.1) is 11.9 Å². The lowest BCUT2D eigenvalue weighted by Gasteiger charge is -2.20. The Kier molecular flexibility index (Phi) is 5.48. The van der Waals surface area contributed by atoms with Crippen molar-refractivity contribution >= 4 is 38.6 Å². The fraction of sp³-hybridized carbons (Fsp3) is 0.875. The summed E-state index contributed by atoms with van der Waals surface area (Å²) in [5, 5.41) is 0. The highest BCUT2D eigenvalue weighted by Crippen LogP contribution is 2.13. The number of halogens is 1. The molecule has 1 N–H and O–H groups in total. The third kappa shape index (κ3) is 4.64. The lowest BCUT2D eigenvalue weighted by atomic mass is 10.3. The van der Waals surface area contributed by atoms with Crippen molar-refractivity contribution in [1.29, 1.82) is 0 Å². The minimum atomic E-state index is -3.40. The molecule has 15 heavy (non-hydrogen) atoms. The van der Waals surface area contributed by atoms with E-state index in [0.717, 1.165) is 0 Å². The molecule has 0 saturated carbocycles. The van der Waals surface area contributed by atoms with Gasteiger partial charge in [-0.1, -0.05) is 22.6 Å². The number of carbonyl (C=O) groups excluding carboxylic acids is 1. The Balaban J connectivity index is 4.36. The second-order valence-electron chi connectivity index (χ2n) is 3.95. The van der Waals surface area contributed by atoms with Crippen LogP contribution in [0.2, 0.25) is 0 Å². The van der Waals surface area contributed by atoms with Crippen molar-refractivity contribution in [3.63, 3.8) is 0 Å². The lowest BCUT2D eigenvalue weighted by molar-refractivity contribution is -0.139. The van der Waals surface area contributed by atoms with Gasteiger partial charge in [-0.2, -0.15) is 0 Å². The number of rotatable bonds is 4. The molecule has 1 unspecified atom stereocenters. The van der Waals surface area contributed by atoms with E-state index in [0.29, 0.717) is 0 Å². The highest BCUT2D eigenvalue weighted by atomic mass is 127. The van der Waals surface area contributed by atoms with Crippen LogP contribution in [0.25, 0.3) is 0 Å². The number of nitrogens with one attached hydrogen (secondary N) is 1. The minimum absolute atomic E-state index is 0.0484. The SMILES string of the molecule is COC(=O)C(I)CNS(=O)(=O)C(C)(C)C. The molecule has 90 valence electrons. The van der Waals surface area contributed by atoms with E-state index in [1.54, 1.807) is 20.8 Å². The fourth-order valence-electron chi connectivity index (χ4n) is 0.611. The third-order valence-electron chi connectivity index (χ3n) is 1.72. The van der Waals surface area contributed by atoms with Crippen molar-refractivity contribution in [2.24, 2.45) is 0 Å². The monoisotopic (exact) mass is 349 g/mol. The molecule has 0 aromatic heterocycles. The molecule has 0 aliphatic carbocycles. The number of alkyl halides is 1. The number of ether oxygens (including phenoxy) is 1. The predicted molar refractivity (Wildman–Crippen MR) is 66.5 cm³/mol. The summed E-state index contributed by atoms with van der Waals surface area (Å²) in [6.45, 7) is 4.83. The molecule has 0 saturated heterocycles. The molecule has 1 atom stereocenters. The highest BCUT2D eigenvalue weighted by Gasteiger charge is 2.29. The second-order valence-corrected chi connectivity index (χ2v) is 7.98. The first kappa shape index (κ1) is 15.1. The van der Waals surface area contributed by atoms with Gasteiger partial charge in [-0.25, -0.2) is 13.1 Å². The fourth-order valence-corrected chi connectivity index (χ4v) is 2.20. The topological polar surface area (TPSA) is 72.5 Å². The Labute approximate surface area is 104 Å². The van der Waals surface area contributed by atoms with Crippen molar-refractivity contribution in [2.75, 3.05) is 13.7 Å². The van der Waals surface area contributed by atoms with Crippen LogP contribution in [0.4, 0.5) is 0 Å². The Morgan fingerprint density at radius 1 is 1.47 bits per heavy atom. The van der Waals surface area contributed by atoms with Crippen molar-refractivity contribution in [3.05, 3.63) is 0 Å². The molecular formula is C8H16INO4S. The number of sulfonamides is 1. The zero-order chi connectivity index (χ0) is 12.3. The summed E-state index contributed by atoms with van der Waals surface area (Å²) >= 11 is 1.83. The van der Waals surface area contributed by atoms with Gasteiger partial charge in [-0.3, -0.25) is 4.79 Å². The van der Waals surface area contributed by atoms with Crippen LogP contribution in [0.3, 0.4) is 0 Å². The number of esters is 1. The van der Waals surface area contributed by atoms with Gasteiger partial charge in [0.15, 0.2) is 0 Å². The van der Waals surface area contributed by atoms with Gasteiger partial charge in [0, 0.05) is 6.54 Å². The molecule has 0 bridgehead atoms. The number of hydrogen-bond acceptors (Lipinski definition) is 4. The maximum absolute atomic E-state index is 11.6. The van der Waals surface area contributed by atoms with Crippen LogP contribution >= 0.6 is 22.6 Å². The third-order valence-corrected chi connectivity index (χ3v) is 4.82. The maximum Gasteiger partial charge on any atom is 0.319 e. The molecule has 0 aliphatic rings. The number of carbonyl (C=O) groups is 1. The van der Waals surface area contributed by atoms with Crippen LogP contribution in [-0.4, -0.2) is 36.7 Å². The zero-order valence-electron chi connectivity index (χ0n) is 9.20. The molecule has 0 amide bonds. The lowest BCUT2D eigenvalue weighted by Crippen LogP contribution is -2.43. The quantitative estimate of drug-likeness (QED) is 0.460. The van der Waals surface area contributed by atoms with E-state index in [9.17, 15) is 13.2 Å². The Morgan fingerprint density at radius 3 is 2.27 bits per heavy atom. The van der Waals surface area contributed by atoms with Gasteiger partial charge in [0.1, 0.15) is 3.92 Å². The largest absolute Gasteiger partial charge is 0.468 e. The van der Waals surface area contributed by atoms with Crippen molar-refractivity contribution < 1.29 is 17.9 Å². The van der Waals surface area contributed by atoms with Crippen LogP contribution in [0, 0.1) is 0 Å². The summed E-state index contributed by atoms with van der Waals surface area (Å²) in [6.07, 6.45) is 0. The van der Waals surface area contributed by atoms with Gasteiger partial charge >= 0.3 is 5.97 Å². The van der Waals surface area contributed by atoms with Crippen molar-refractivity contribution in [1.82, 2.24) is 4.72 Å². The van der Waals surface area contributed by atoms with E-state index >= 15 is 0 Å². The standard InChI is InChI=1S/C8H16INO4S/c1-8(2,3)15(12,13)10-5-6(9)7(11)14-4/h6,10H,5H2,1-4H3. The molecule has 0 fully saturated rings. The molecule has 0 aromatic rings. The molecule has 0 rings (SSSR count). The molecule has 0 heterocycles. The van der Waals surface area contributed by atoms with E-state index in [4.69, 9.17) is 0 Å². The molecule has 7 heteroatoms. The maximum atomic E-state index is 11.6. The number of methoxy groups -OCH3 is 1. The first-order valence-electron chi connectivity index (χ1n) is 4.33. The summed E-state index contributed by atoms with van der Waals surface area (Å²) in [4.78, 5) is 11.0. The van der Waals surface area contributed by atoms with Crippen molar-refractivity contribution in [2.45, 2.75) is 29.4 Å². The van der Waals surface area contributed by atoms with Crippen LogP contribution in [0.1, 0.15) is 20.8 Å². The van der Waals surface area contributed by atoms with Crippen LogP contribution in [0.15, 0.2) is 0 Å². The van der Waals surface area contributed by atoms with E-state index in [1.165, 1.54) is 7.11 Å². The number of hydrogen-bond donors (Lipinski definition) is 1. The van der Waals surface area contributed by atoms with Gasteiger partial charge in [-0.15, -0.1) is 0 Å². The molecular weight excluding hydrogens is 333 g/mol. The smallest absolute Gasteiger partial charge is 0.319 e. The Hall–Kier alpha value is 0.110. The predicted octanol–water partition coefficient (Wildman–Crippen LogP) is 0.681. The van der Waals surface area contributed by atoms with Crippen LogP contribution in [-0.2, 0) is 19.6 Å². The Bertz CT molecular complexity index is 320. The van der Waals surface area contributed by atoms with E-state index in [2.05, 4.69) is 9.46 Å². The molecule has 0 aromatic carbocycles. The van der Waals surface area contributed by atoms with Gasteiger partial charge in [0.25, 0.3) is 0 Å². The van der Waals surface area contributed by atoms with E-state index in [1.807, 2.05) is 22.6 Å². The second kappa shape index (κ2) is 5.44. The van der Waals surface area contributed by atoms with E-state index in [-0.39, 0.29) is 6.54 Å². The summed E-state index contributed by atoms with van der Waals surface area (Å²) in [5.41, 5.74) is 0. The normalized spacial score (nSPS) is 14.7. The summed E-state index contributed by atoms with van der Waals surface area (Å²) < 4.78 is 28.7. The van der Waals surface area contributed by atoms with Crippen LogP contribution in [0.5, 0.6) is 0 Å². The molecule has 0 spiro atoms. The zero-order valence-corrected chi connectivity index (χ0v) is 12.2.